The first kappa shape index (κ1) is 34.7. The van der Waals surface area contributed by atoms with E-state index in [9.17, 15) is 25.9 Å². The van der Waals surface area contributed by atoms with Crippen LogP contribution in [0.5, 0.6) is 0 Å². The van der Waals surface area contributed by atoms with Crippen molar-refractivity contribution in [3.05, 3.63) is 0 Å². The number of hydrogen-bond acceptors (Lipinski definition) is 6. The van der Waals surface area contributed by atoms with Crippen molar-refractivity contribution in [2.24, 2.45) is 0 Å². The van der Waals surface area contributed by atoms with Crippen molar-refractivity contribution in [1.82, 2.24) is 0 Å². The average Bonchev–Trinajstić information content (AvgIpc) is 2.48. The van der Waals surface area contributed by atoms with Gasteiger partial charge in [0.2, 0.25) is 0 Å². The summed E-state index contributed by atoms with van der Waals surface area (Å²) in [5.74, 6) is -0.463. The smallest absolute Gasteiger partial charge is 0.748 e. The summed E-state index contributed by atoms with van der Waals surface area (Å²) in [6.45, 7) is 0. The second-order valence-electron chi connectivity index (χ2n) is 6.83. The zero-order valence-electron chi connectivity index (χ0n) is 17.3. The second-order valence-corrected chi connectivity index (χ2v) is 9.87. The molecular weight excluding hydrogens is 443 g/mol. The molecule has 0 unspecified atom stereocenters. The molecule has 0 saturated heterocycles. The Morgan fingerprint density at radius 2 is 0.519 bits per heavy atom. The van der Waals surface area contributed by atoms with Crippen LogP contribution in [0.2, 0.25) is 0 Å². The second kappa shape index (κ2) is 22.3. The fourth-order valence-corrected chi connectivity index (χ4v) is 3.97. The molecule has 0 bridgehead atoms. The molecule has 0 aliphatic rings. The van der Waals surface area contributed by atoms with Crippen LogP contribution in [0.4, 0.5) is 0 Å². The van der Waals surface area contributed by atoms with Crippen LogP contribution in [0.3, 0.4) is 0 Å². The molecule has 0 amide bonds. The zero-order chi connectivity index (χ0) is 19.0. The molecule has 0 atom stereocenters. The molecule has 0 aromatic carbocycles. The molecule has 10 heteroatoms. The van der Waals surface area contributed by atoms with E-state index in [2.05, 4.69) is 0 Å². The largest absolute Gasteiger partial charge is 1.00 e. The maximum atomic E-state index is 10.4. The van der Waals surface area contributed by atoms with Gasteiger partial charge in [-0.15, -0.1) is 0 Å². The molecule has 0 heterocycles. The first-order chi connectivity index (χ1) is 11.7. The summed E-state index contributed by atoms with van der Waals surface area (Å²) in [7, 11) is -8.07. The Balaban J connectivity index is -0.00000288. The summed E-state index contributed by atoms with van der Waals surface area (Å²) in [5, 5.41) is 0. The van der Waals surface area contributed by atoms with E-state index in [1.54, 1.807) is 0 Å². The molecule has 0 saturated carbocycles. The van der Waals surface area contributed by atoms with Gasteiger partial charge in [-0.3, -0.25) is 0 Å². The first-order valence-electron chi connectivity index (χ1n) is 9.58. The Bertz CT molecular complexity index is 464. The van der Waals surface area contributed by atoms with Gasteiger partial charge in [0, 0.05) is 11.5 Å². The molecule has 27 heavy (non-hydrogen) atoms. The van der Waals surface area contributed by atoms with Crippen molar-refractivity contribution in [2.75, 3.05) is 11.5 Å². The fraction of sp³-hybridized carbons (Fsp3) is 1.00. The number of unbranched alkanes of at least 4 members (excludes halogenated alkanes) is 14. The van der Waals surface area contributed by atoms with Crippen LogP contribution in [0.15, 0.2) is 0 Å². The average molecular weight is 477 g/mol. The van der Waals surface area contributed by atoms with Crippen molar-refractivity contribution < 1.29 is 129 Å². The third-order valence-corrected chi connectivity index (χ3v) is 5.87. The van der Waals surface area contributed by atoms with E-state index >= 15 is 0 Å². The van der Waals surface area contributed by atoms with Crippen molar-refractivity contribution in [1.29, 1.82) is 0 Å². The molecule has 0 rings (SSSR count). The normalized spacial score (nSPS) is 11.6. The summed E-state index contributed by atoms with van der Waals surface area (Å²) in [6, 6.07) is 0. The van der Waals surface area contributed by atoms with Crippen LogP contribution in [0.1, 0.15) is 96.3 Å². The van der Waals surface area contributed by atoms with E-state index < -0.39 is 20.2 Å². The minimum atomic E-state index is -4.04. The van der Waals surface area contributed by atoms with Crippen LogP contribution in [0.25, 0.3) is 0 Å². The first-order valence-corrected chi connectivity index (χ1v) is 12.7. The Kier molecular flexibility index (Phi) is 28.6. The predicted molar refractivity (Wildman–Crippen MR) is 98.4 cm³/mol. The van der Waals surface area contributed by atoms with Gasteiger partial charge in [-0.2, -0.15) is 0 Å². The zero-order valence-corrected chi connectivity index (χ0v) is 25.2. The quantitative estimate of drug-likeness (QED) is 0.128. The molecule has 0 aromatic rings. The molecule has 0 aliphatic carbocycles. The van der Waals surface area contributed by atoms with Gasteiger partial charge in [-0.25, -0.2) is 16.8 Å². The van der Waals surface area contributed by atoms with Gasteiger partial charge < -0.3 is 9.11 Å². The summed E-state index contributed by atoms with van der Waals surface area (Å²) in [6.07, 6.45) is 15.3. The van der Waals surface area contributed by atoms with Crippen molar-refractivity contribution in [2.45, 2.75) is 96.3 Å². The minimum absolute atomic E-state index is 0. The topological polar surface area (TPSA) is 114 Å². The van der Waals surface area contributed by atoms with Crippen LogP contribution >= 0.6 is 0 Å². The van der Waals surface area contributed by atoms with Crippen LogP contribution in [0, 0.1) is 0 Å². The number of hydrogen-bond donors (Lipinski definition) is 0. The van der Waals surface area contributed by atoms with E-state index in [4.69, 9.17) is 0 Å². The van der Waals surface area contributed by atoms with Gasteiger partial charge in [-0.05, 0) is 12.8 Å². The van der Waals surface area contributed by atoms with E-state index in [1.807, 2.05) is 0 Å². The summed E-state index contributed by atoms with van der Waals surface area (Å²) < 4.78 is 62.6. The maximum Gasteiger partial charge on any atom is 1.00 e. The molecule has 152 valence electrons. The fourth-order valence-electron chi connectivity index (χ4n) is 2.86. The van der Waals surface area contributed by atoms with Gasteiger partial charge in [0.15, 0.2) is 0 Å². The molecular formula is C17H34K2O6S2. The summed E-state index contributed by atoms with van der Waals surface area (Å²) >= 11 is 0. The molecule has 0 aromatic heterocycles. The Hall–Kier alpha value is 3.09. The van der Waals surface area contributed by atoms with Gasteiger partial charge in [0.25, 0.3) is 0 Å². The van der Waals surface area contributed by atoms with E-state index in [0.717, 1.165) is 38.5 Å². The van der Waals surface area contributed by atoms with Crippen molar-refractivity contribution >= 4 is 20.2 Å². The SMILES string of the molecule is O=S(=O)([O-])CCCCCCCCCCCCCCCCCS(=O)(=O)[O-].[K+].[K+]. The van der Waals surface area contributed by atoms with E-state index in [1.165, 1.54) is 44.9 Å². The third-order valence-electron chi connectivity index (χ3n) is 4.29. The minimum Gasteiger partial charge on any atom is -0.748 e. The summed E-state index contributed by atoms with van der Waals surface area (Å²) in [5.41, 5.74) is 0. The molecule has 0 aliphatic heterocycles. The third kappa shape index (κ3) is 33.9. The van der Waals surface area contributed by atoms with Crippen molar-refractivity contribution in [3.63, 3.8) is 0 Å². The van der Waals surface area contributed by atoms with Gasteiger partial charge in [0.1, 0.15) is 0 Å². The van der Waals surface area contributed by atoms with Crippen LogP contribution < -0.4 is 103 Å². The monoisotopic (exact) mass is 476 g/mol. The van der Waals surface area contributed by atoms with Gasteiger partial charge >= 0.3 is 103 Å². The van der Waals surface area contributed by atoms with E-state index in [0.29, 0.717) is 12.8 Å². The Morgan fingerprint density at radius 3 is 0.667 bits per heavy atom. The Morgan fingerprint density at radius 1 is 0.370 bits per heavy atom. The molecule has 0 spiro atoms. The van der Waals surface area contributed by atoms with Crippen LogP contribution in [-0.2, 0) is 20.2 Å². The standard InChI is InChI=1S/C17H36O6S2.2K/c18-24(19,20)16-14-12-10-8-6-4-2-1-3-5-7-9-11-13-15-17-25(21,22)23;;/h1-17H2,(H,18,19,20)(H,21,22,23);;/q;2*+1/p-2. The Labute approximate surface area is 252 Å². The van der Waals surface area contributed by atoms with E-state index in [-0.39, 0.29) is 114 Å². The summed E-state index contributed by atoms with van der Waals surface area (Å²) in [4.78, 5) is 0. The van der Waals surface area contributed by atoms with Gasteiger partial charge in [-0.1, -0.05) is 83.5 Å². The maximum absolute atomic E-state index is 10.4. The van der Waals surface area contributed by atoms with Gasteiger partial charge in [0.05, 0.1) is 20.2 Å². The molecule has 0 N–H and O–H groups in total. The molecule has 0 fully saturated rings. The van der Waals surface area contributed by atoms with Crippen LogP contribution in [-0.4, -0.2) is 37.4 Å². The van der Waals surface area contributed by atoms with Crippen molar-refractivity contribution in [3.8, 4) is 0 Å². The molecule has 6 nitrogen and oxygen atoms in total. The number of rotatable bonds is 18. The predicted octanol–water partition coefficient (Wildman–Crippen LogP) is -2.06. The molecule has 0 radical (unpaired) electrons.